The van der Waals surface area contributed by atoms with Crippen LogP contribution in [0.25, 0.3) is 0 Å². The highest BCUT2D eigenvalue weighted by Gasteiger charge is 2.14. The van der Waals surface area contributed by atoms with Crippen molar-refractivity contribution in [1.29, 1.82) is 0 Å². The van der Waals surface area contributed by atoms with Gasteiger partial charge in [-0.2, -0.15) is 0 Å². The lowest BCUT2D eigenvalue weighted by Crippen LogP contribution is -2.06. The van der Waals surface area contributed by atoms with Crippen LogP contribution in [0.2, 0.25) is 5.02 Å². The number of pyridine rings is 1. The average molecular weight is 305 g/mol. The van der Waals surface area contributed by atoms with Crippen LogP contribution in [0.4, 0.5) is 11.5 Å². The first-order valence-electron chi connectivity index (χ1n) is 6.66. The molecule has 2 N–H and O–H groups in total. The molecule has 0 atom stereocenters. The third kappa shape index (κ3) is 3.34. The molecule has 0 spiro atoms. The van der Waals surface area contributed by atoms with Crippen LogP contribution in [0.15, 0.2) is 30.3 Å². The Kier molecular flexibility index (Phi) is 4.48. The highest BCUT2D eigenvalue weighted by Crippen LogP contribution is 2.30. The van der Waals surface area contributed by atoms with Crippen molar-refractivity contribution >= 4 is 29.1 Å². The number of anilines is 2. The van der Waals surface area contributed by atoms with E-state index in [1.54, 1.807) is 6.07 Å². The Labute approximate surface area is 128 Å². The van der Waals surface area contributed by atoms with Gasteiger partial charge >= 0.3 is 5.97 Å². The van der Waals surface area contributed by atoms with Gasteiger partial charge < -0.3 is 10.4 Å². The summed E-state index contributed by atoms with van der Waals surface area (Å²) in [5.74, 6) is -0.329. The Morgan fingerprint density at radius 1 is 1.29 bits per heavy atom. The van der Waals surface area contributed by atoms with E-state index in [4.69, 9.17) is 16.7 Å². The maximum Gasteiger partial charge on any atom is 0.356 e. The van der Waals surface area contributed by atoms with E-state index in [0.717, 1.165) is 16.8 Å². The summed E-state index contributed by atoms with van der Waals surface area (Å²) >= 11 is 5.84. The minimum Gasteiger partial charge on any atom is -0.476 e. The summed E-state index contributed by atoms with van der Waals surface area (Å²) in [5.41, 5.74) is 3.04. The van der Waals surface area contributed by atoms with Gasteiger partial charge in [-0.1, -0.05) is 43.6 Å². The molecule has 2 rings (SSSR count). The number of nitrogens with one attached hydrogen (secondary N) is 1. The van der Waals surface area contributed by atoms with Gasteiger partial charge in [-0.25, -0.2) is 9.78 Å². The quantitative estimate of drug-likeness (QED) is 0.866. The molecule has 0 bridgehead atoms. The van der Waals surface area contributed by atoms with Crippen LogP contribution in [0, 0.1) is 6.92 Å². The van der Waals surface area contributed by atoms with Gasteiger partial charge in [-0.05, 0) is 36.1 Å². The van der Waals surface area contributed by atoms with Crippen molar-refractivity contribution in [3.05, 3.63) is 52.2 Å². The van der Waals surface area contributed by atoms with Crippen LogP contribution in [-0.4, -0.2) is 16.1 Å². The first-order valence-corrected chi connectivity index (χ1v) is 7.04. The summed E-state index contributed by atoms with van der Waals surface area (Å²) < 4.78 is 0. The van der Waals surface area contributed by atoms with Gasteiger partial charge in [0.2, 0.25) is 0 Å². The van der Waals surface area contributed by atoms with Crippen molar-refractivity contribution in [3.63, 3.8) is 0 Å². The zero-order valence-corrected chi connectivity index (χ0v) is 12.9. The van der Waals surface area contributed by atoms with Gasteiger partial charge in [-0.15, -0.1) is 0 Å². The van der Waals surface area contributed by atoms with Crippen molar-refractivity contribution in [3.8, 4) is 0 Å². The van der Waals surface area contributed by atoms with Crippen molar-refractivity contribution in [2.75, 3.05) is 5.32 Å². The number of aryl methyl sites for hydroxylation is 1. The van der Waals surface area contributed by atoms with Crippen LogP contribution < -0.4 is 5.32 Å². The molecule has 21 heavy (non-hydrogen) atoms. The molecule has 0 amide bonds. The van der Waals surface area contributed by atoms with E-state index in [9.17, 15) is 4.79 Å². The SMILES string of the molecule is Cc1cccc(C(C)C)c1Nc1ccc(Cl)c(C(=O)O)n1. The molecule has 0 saturated carbocycles. The molecule has 0 aliphatic rings. The molecule has 0 radical (unpaired) electrons. The van der Waals surface area contributed by atoms with Crippen LogP contribution in [-0.2, 0) is 0 Å². The Balaban J connectivity index is 2.43. The number of nitrogens with zero attached hydrogens (tertiary/aromatic N) is 1. The average Bonchev–Trinajstić information content (AvgIpc) is 2.42. The van der Waals surface area contributed by atoms with Crippen LogP contribution in [0.5, 0.6) is 0 Å². The number of halogens is 1. The molecule has 0 aliphatic heterocycles. The fourth-order valence-electron chi connectivity index (χ4n) is 2.13. The smallest absolute Gasteiger partial charge is 0.356 e. The van der Waals surface area contributed by atoms with Crippen molar-refractivity contribution in [2.45, 2.75) is 26.7 Å². The number of carboxylic acid groups (broad SMARTS) is 1. The number of hydrogen-bond donors (Lipinski definition) is 2. The van der Waals surface area contributed by atoms with Crippen LogP contribution in [0.1, 0.15) is 41.4 Å². The Hall–Kier alpha value is -2.07. The molecule has 2 aromatic rings. The molecule has 0 aliphatic carbocycles. The second kappa shape index (κ2) is 6.14. The molecule has 0 fully saturated rings. The molecule has 0 saturated heterocycles. The summed E-state index contributed by atoms with van der Waals surface area (Å²) in [5, 5.41) is 12.4. The first-order chi connectivity index (χ1) is 9.90. The van der Waals surface area contributed by atoms with E-state index in [1.165, 1.54) is 6.07 Å². The minimum atomic E-state index is -1.14. The fraction of sp³-hybridized carbons (Fsp3) is 0.250. The lowest BCUT2D eigenvalue weighted by molar-refractivity contribution is 0.0691. The summed E-state index contributed by atoms with van der Waals surface area (Å²) in [6, 6.07) is 9.27. The van der Waals surface area contributed by atoms with E-state index < -0.39 is 5.97 Å². The highest BCUT2D eigenvalue weighted by molar-refractivity contribution is 6.33. The number of benzene rings is 1. The summed E-state index contributed by atoms with van der Waals surface area (Å²) in [7, 11) is 0. The van der Waals surface area contributed by atoms with Gasteiger partial charge in [-0.3, -0.25) is 0 Å². The number of aromatic carboxylic acids is 1. The molecule has 110 valence electrons. The second-order valence-electron chi connectivity index (χ2n) is 5.15. The predicted molar refractivity (Wildman–Crippen MR) is 84.8 cm³/mol. The zero-order valence-electron chi connectivity index (χ0n) is 12.1. The van der Waals surface area contributed by atoms with Crippen molar-refractivity contribution in [1.82, 2.24) is 4.98 Å². The normalized spacial score (nSPS) is 10.7. The van der Waals surface area contributed by atoms with Gasteiger partial charge in [0, 0.05) is 5.69 Å². The van der Waals surface area contributed by atoms with E-state index in [0.29, 0.717) is 11.7 Å². The fourth-order valence-corrected chi connectivity index (χ4v) is 2.32. The highest BCUT2D eigenvalue weighted by atomic mass is 35.5. The van der Waals surface area contributed by atoms with E-state index in [2.05, 4.69) is 24.1 Å². The molecule has 1 heterocycles. The van der Waals surface area contributed by atoms with Gasteiger partial charge in [0.25, 0.3) is 0 Å². The number of rotatable bonds is 4. The molecule has 5 heteroatoms. The van der Waals surface area contributed by atoms with E-state index in [1.807, 2.05) is 25.1 Å². The molecular formula is C16H17ClN2O2. The maximum absolute atomic E-state index is 11.1. The standard InChI is InChI=1S/C16H17ClN2O2/c1-9(2)11-6-4-5-10(3)14(11)18-13-8-7-12(17)15(19-13)16(20)21/h4-9H,1-3H3,(H,18,19)(H,20,21). The zero-order chi connectivity index (χ0) is 15.6. The third-order valence-electron chi connectivity index (χ3n) is 3.23. The van der Waals surface area contributed by atoms with Gasteiger partial charge in [0.15, 0.2) is 5.69 Å². The monoisotopic (exact) mass is 304 g/mol. The molecule has 4 nitrogen and oxygen atoms in total. The predicted octanol–water partition coefficient (Wildman–Crippen LogP) is 4.61. The number of aromatic nitrogens is 1. The van der Waals surface area contributed by atoms with Gasteiger partial charge in [0.1, 0.15) is 5.82 Å². The van der Waals surface area contributed by atoms with E-state index in [-0.39, 0.29) is 10.7 Å². The number of para-hydroxylation sites is 1. The van der Waals surface area contributed by atoms with Crippen LogP contribution in [0.3, 0.4) is 0 Å². The Bertz CT molecular complexity index is 684. The molecule has 0 unspecified atom stereocenters. The van der Waals surface area contributed by atoms with Gasteiger partial charge in [0.05, 0.1) is 5.02 Å². The molecular weight excluding hydrogens is 288 g/mol. The third-order valence-corrected chi connectivity index (χ3v) is 3.53. The van der Waals surface area contributed by atoms with E-state index >= 15 is 0 Å². The lowest BCUT2D eigenvalue weighted by atomic mass is 9.98. The summed E-state index contributed by atoms with van der Waals surface area (Å²) in [6.45, 7) is 6.22. The Morgan fingerprint density at radius 2 is 2.00 bits per heavy atom. The number of carboxylic acids is 1. The number of hydrogen-bond acceptors (Lipinski definition) is 3. The minimum absolute atomic E-state index is 0.127. The van der Waals surface area contributed by atoms with Crippen molar-refractivity contribution in [2.24, 2.45) is 0 Å². The largest absolute Gasteiger partial charge is 0.476 e. The first kappa shape index (κ1) is 15.3. The maximum atomic E-state index is 11.1. The number of carbonyl (C=O) groups is 1. The molecule has 1 aromatic carbocycles. The summed E-state index contributed by atoms with van der Waals surface area (Å²) in [4.78, 5) is 15.2. The summed E-state index contributed by atoms with van der Waals surface area (Å²) in [6.07, 6.45) is 0. The molecule has 1 aromatic heterocycles. The second-order valence-corrected chi connectivity index (χ2v) is 5.56. The topological polar surface area (TPSA) is 62.2 Å². The lowest BCUT2D eigenvalue weighted by Gasteiger charge is -2.17. The van der Waals surface area contributed by atoms with Crippen LogP contribution >= 0.6 is 11.6 Å². The van der Waals surface area contributed by atoms with Crippen molar-refractivity contribution < 1.29 is 9.90 Å². The Morgan fingerprint density at radius 3 is 2.62 bits per heavy atom.